The number of nitrogen functional groups attached to an aromatic ring is 1. The number of benzene rings is 1. The fourth-order valence-electron chi connectivity index (χ4n) is 2.36. The average molecular weight is 346 g/mol. The van der Waals surface area contributed by atoms with Crippen LogP contribution in [-0.4, -0.2) is 15.1 Å². The number of alkyl halides is 3. The molecule has 0 bridgehead atoms. The van der Waals surface area contributed by atoms with E-state index in [-0.39, 0.29) is 23.6 Å². The Morgan fingerprint density at radius 2 is 1.76 bits per heavy atom. The molecule has 0 aliphatic heterocycles. The van der Waals surface area contributed by atoms with E-state index in [2.05, 4.69) is 27.4 Å². The van der Waals surface area contributed by atoms with E-state index >= 15 is 0 Å². The summed E-state index contributed by atoms with van der Waals surface area (Å²) in [5.74, 6) is 0.00250. The van der Waals surface area contributed by atoms with Gasteiger partial charge in [-0.25, -0.2) is 9.97 Å². The summed E-state index contributed by atoms with van der Waals surface area (Å²) in [7, 11) is 0. The molecule has 3 rings (SSSR count). The molecule has 128 valence electrons. The molecule has 1 heterocycles. The Bertz CT molecular complexity index is 898. The van der Waals surface area contributed by atoms with Crippen LogP contribution < -0.4 is 11.1 Å². The zero-order valence-electron chi connectivity index (χ0n) is 12.8. The standard InChI is InChI=1S/C17H13F3N4O/c18-17(19,20)11-6-2-1-5-10(11)9-22-16(25)14-15(21)24-13-8-4-3-7-12(13)23-14/h3-8,16,22,25H,9H2,(H2,21,24). The Balaban J connectivity index is 1.82. The van der Waals surface area contributed by atoms with E-state index in [1.807, 2.05) is 0 Å². The second-order valence-electron chi connectivity index (χ2n) is 5.28. The molecule has 3 aromatic rings. The second kappa shape index (κ2) is 6.55. The predicted octanol–water partition coefficient (Wildman–Crippen LogP) is 2.61. The molecule has 0 aliphatic carbocycles. The van der Waals surface area contributed by atoms with Crippen LogP contribution in [0.3, 0.4) is 0 Å². The van der Waals surface area contributed by atoms with Crippen LogP contribution in [0, 0.1) is 12.1 Å². The van der Waals surface area contributed by atoms with Crippen LogP contribution >= 0.6 is 0 Å². The summed E-state index contributed by atoms with van der Waals surface area (Å²) < 4.78 is 38.9. The lowest BCUT2D eigenvalue weighted by Gasteiger charge is -2.16. The van der Waals surface area contributed by atoms with E-state index in [9.17, 15) is 18.3 Å². The SMILES string of the molecule is Nc1nc2ccccc2nc1C(O)NCc1cc#ccc1C(F)(F)F. The topological polar surface area (TPSA) is 84.1 Å². The number of hydrogen-bond acceptors (Lipinski definition) is 5. The Morgan fingerprint density at radius 3 is 2.44 bits per heavy atom. The van der Waals surface area contributed by atoms with Crippen molar-refractivity contribution in [2.45, 2.75) is 18.9 Å². The van der Waals surface area contributed by atoms with Gasteiger partial charge in [-0.1, -0.05) is 24.3 Å². The van der Waals surface area contributed by atoms with Crippen molar-refractivity contribution in [3.63, 3.8) is 0 Å². The Hall–Kier alpha value is -2.89. The molecular weight excluding hydrogens is 333 g/mol. The van der Waals surface area contributed by atoms with Crippen molar-refractivity contribution in [1.29, 1.82) is 0 Å². The number of hydrogen-bond donors (Lipinski definition) is 3. The second-order valence-corrected chi connectivity index (χ2v) is 5.28. The van der Waals surface area contributed by atoms with Gasteiger partial charge in [-0.05, 0) is 23.8 Å². The van der Waals surface area contributed by atoms with Crippen molar-refractivity contribution in [3.8, 4) is 0 Å². The number of nitrogens with one attached hydrogen (secondary N) is 1. The maximum Gasteiger partial charge on any atom is 0.417 e. The Morgan fingerprint density at radius 1 is 1.12 bits per heavy atom. The summed E-state index contributed by atoms with van der Waals surface area (Å²) in [6.07, 6.45) is -5.89. The first-order chi connectivity index (χ1) is 11.9. The van der Waals surface area contributed by atoms with Gasteiger partial charge in [0.1, 0.15) is 11.5 Å². The van der Waals surface area contributed by atoms with Crippen molar-refractivity contribution in [1.82, 2.24) is 15.3 Å². The van der Waals surface area contributed by atoms with Crippen molar-refractivity contribution in [2.24, 2.45) is 0 Å². The van der Waals surface area contributed by atoms with Crippen LogP contribution in [0.2, 0.25) is 0 Å². The summed E-state index contributed by atoms with van der Waals surface area (Å²) in [4.78, 5) is 8.35. The van der Waals surface area contributed by atoms with Gasteiger partial charge in [-0.15, -0.1) is 0 Å². The van der Waals surface area contributed by atoms with Crippen molar-refractivity contribution >= 4 is 16.9 Å². The van der Waals surface area contributed by atoms with E-state index in [0.717, 1.165) is 12.1 Å². The monoisotopic (exact) mass is 346 g/mol. The van der Waals surface area contributed by atoms with Gasteiger partial charge in [-0.3, -0.25) is 5.32 Å². The average Bonchev–Trinajstić information content (AvgIpc) is 2.58. The van der Waals surface area contributed by atoms with Gasteiger partial charge in [-0.2, -0.15) is 13.2 Å². The highest BCUT2D eigenvalue weighted by Gasteiger charge is 2.33. The number of anilines is 1. The van der Waals surface area contributed by atoms with E-state index in [0.29, 0.717) is 11.0 Å². The van der Waals surface area contributed by atoms with Gasteiger partial charge in [0, 0.05) is 12.6 Å². The Labute approximate surface area is 141 Å². The molecule has 8 heteroatoms. The molecule has 0 aliphatic rings. The smallest absolute Gasteiger partial charge is 0.382 e. The third-order valence-corrected chi connectivity index (χ3v) is 3.57. The van der Waals surface area contributed by atoms with Crippen LogP contribution in [0.4, 0.5) is 19.0 Å². The first-order valence-corrected chi connectivity index (χ1v) is 7.27. The van der Waals surface area contributed by atoms with E-state index < -0.39 is 18.0 Å². The highest BCUT2D eigenvalue weighted by atomic mass is 19.4. The van der Waals surface area contributed by atoms with Gasteiger partial charge in [0.05, 0.1) is 16.6 Å². The third kappa shape index (κ3) is 3.63. The van der Waals surface area contributed by atoms with Crippen LogP contribution in [-0.2, 0) is 12.7 Å². The zero-order valence-corrected chi connectivity index (χ0v) is 12.8. The van der Waals surface area contributed by atoms with Gasteiger partial charge >= 0.3 is 6.18 Å². The molecular formula is C17H13F3N4O. The van der Waals surface area contributed by atoms with E-state index in [1.54, 1.807) is 24.3 Å². The molecule has 25 heavy (non-hydrogen) atoms. The number of aliphatic hydroxyl groups is 1. The minimum Gasteiger partial charge on any atom is -0.382 e. The molecule has 5 nitrogen and oxygen atoms in total. The number of nitrogens with zero attached hydrogens (tertiary/aromatic N) is 2. The number of aliphatic hydroxyl groups excluding tert-OH is 1. The molecule has 0 radical (unpaired) electrons. The highest BCUT2D eigenvalue weighted by molar-refractivity contribution is 5.75. The highest BCUT2D eigenvalue weighted by Crippen LogP contribution is 2.31. The fourth-order valence-corrected chi connectivity index (χ4v) is 2.36. The molecule has 4 N–H and O–H groups in total. The molecule has 0 saturated carbocycles. The van der Waals surface area contributed by atoms with Gasteiger partial charge in [0.2, 0.25) is 0 Å². The number of para-hydroxylation sites is 2. The lowest BCUT2D eigenvalue weighted by atomic mass is 10.1. The molecule has 0 saturated heterocycles. The number of rotatable bonds is 4. The fraction of sp³-hybridized carbons (Fsp3) is 0.176. The zero-order chi connectivity index (χ0) is 18.0. The van der Waals surface area contributed by atoms with E-state index in [4.69, 9.17) is 5.73 Å². The number of aromatic nitrogens is 2. The first kappa shape index (κ1) is 17.0. The molecule has 0 amide bonds. The largest absolute Gasteiger partial charge is 0.417 e. The lowest BCUT2D eigenvalue weighted by Crippen LogP contribution is -2.24. The van der Waals surface area contributed by atoms with Crippen molar-refractivity contribution in [3.05, 3.63) is 65.4 Å². The van der Waals surface area contributed by atoms with Crippen molar-refractivity contribution in [2.75, 3.05) is 5.73 Å². The predicted molar refractivity (Wildman–Crippen MR) is 84.9 cm³/mol. The summed E-state index contributed by atoms with van der Waals surface area (Å²) in [6, 6.07) is 13.7. The summed E-state index contributed by atoms with van der Waals surface area (Å²) in [5, 5.41) is 12.8. The first-order valence-electron chi connectivity index (χ1n) is 7.27. The number of fused-ring (bicyclic) bond motifs is 1. The van der Waals surface area contributed by atoms with Gasteiger partial charge < -0.3 is 10.8 Å². The molecule has 0 spiro atoms. The van der Waals surface area contributed by atoms with Crippen LogP contribution in [0.5, 0.6) is 0 Å². The maximum atomic E-state index is 13.0. The van der Waals surface area contributed by atoms with Gasteiger partial charge in [0.25, 0.3) is 0 Å². The molecule has 1 atom stereocenters. The summed E-state index contributed by atoms with van der Waals surface area (Å²) >= 11 is 0. The molecule has 1 aromatic heterocycles. The molecule has 0 fully saturated rings. The molecule has 2 aromatic carbocycles. The van der Waals surface area contributed by atoms with E-state index in [1.165, 1.54) is 0 Å². The normalized spacial score (nSPS) is 12.8. The van der Waals surface area contributed by atoms with Crippen LogP contribution in [0.15, 0.2) is 36.4 Å². The van der Waals surface area contributed by atoms with Gasteiger partial charge in [0.15, 0.2) is 6.23 Å². The summed E-state index contributed by atoms with van der Waals surface area (Å²) in [6.45, 7) is -0.255. The third-order valence-electron chi connectivity index (χ3n) is 3.57. The number of halogens is 3. The summed E-state index contributed by atoms with van der Waals surface area (Å²) in [5.41, 5.74) is 6.01. The maximum absolute atomic E-state index is 13.0. The lowest BCUT2D eigenvalue weighted by molar-refractivity contribution is -0.138. The Kier molecular flexibility index (Phi) is 4.44. The minimum atomic E-state index is -4.52. The number of nitrogens with two attached hydrogens (primary N) is 1. The quantitative estimate of drug-likeness (QED) is 0.633. The minimum absolute atomic E-state index is 0.00250. The molecule has 1 unspecified atom stereocenters. The van der Waals surface area contributed by atoms with Crippen LogP contribution in [0.25, 0.3) is 11.0 Å². The van der Waals surface area contributed by atoms with Crippen LogP contribution in [0.1, 0.15) is 23.0 Å². The van der Waals surface area contributed by atoms with Crippen molar-refractivity contribution < 1.29 is 18.3 Å².